The molecule has 0 unspecified atom stereocenters. The minimum Gasteiger partial charge on any atom is 1.00 e. The van der Waals surface area contributed by atoms with Crippen molar-refractivity contribution in [1.29, 1.82) is 0 Å². The summed E-state index contributed by atoms with van der Waals surface area (Å²) in [5, 5.41) is 0. The zero-order valence-electron chi connectivity index (χ0n) is 3.29. The van der Waals surface area contributed by atoms with Gasteiger partial charge in [0, 0.05) is 0 Å². The van der Waals surface area contributed by atoms with Crippen LogP contribution >= 0.6 is 7.81 Å². The first-order valence-electron chi connectivity index (χ1n) is 1.01. The van der Waals surface area contributed by atoms with Gasteiger partial charge in [0.15, 0.2) is 0 Å². The third-order valence-corrected chi connectivity index (χ3v) is 0. The Morgan fingerprint density at radius 1 is 0.625 bits per heavy atom. The standard InChI is InChI=1S/F6P.Tl/c1-7(2,3,4,5)6;/q-1;+1. The van der Waals surface area contributed by atoms with Crippen molar-refractivity contribution in [3.05, 3.63) is 0 Å². The molecule has 0 aliphatic rings. The second-order valence-electron chi connectivity index (χ2n) is 0.958. The zero-order chi connectivity index (χ0) is 6.41. The van der Waals surface area contributed by atoms with Crippen LogP contribution in [0.2, 0.25) is 0 Å². The molecule has 0 atom stereocenters. The average Bonchev–Trinajstić information content (AvgIpc) is 0.592. The van der Waals surface area contributed by atoms with Crippen LogP contribution in [-0.2, 0) is 0 Å². The molecule has 0 aliphatic carbocycles. The molecule has 0 aromatic heterocycles. The molecule has 0 aliphatic heterocycles. The molecule has 0 rings (SSSR count). The van der Waals surface area contributed by atoms with Gasteiger partial charge in [-0.1, -0.05) is 0 Å². The van der Waals surface area contributed by atoms with Crippen LogP contribution in [0.4, 0.5) is 25.2 Å². The van der Waals surface area contributed by atoms with Crippen molar-refractivity contribution in [2.75, 3.05) is 0 Å². The summed E-state index contributed by atoms with van der Waals surface area (Å²) in [4.78, 5) is 0. The van der Waals surface area contributed by atoms with Gasteiger partial charge in [-0.05, 0) is 0 Å². The Morgan fingerprint density at radius 2 is 0.625 bits per heavy atom. The van der Waals surface area contributed by atoms with Gasteiger partial charge in [0.2, 0.25) is 0 Å². The quantitative estimate of drug-likeness (QED) is 0.358. The second kappa shape index (κ2) is 1.50. The van der Waals surface area contributed by atoms with E-state index in [1.165, 1.54) is 0 Å². The van der Waals surface area contributed by atoms with Crippen LogP contribution in [0, 0.1) is 0 Å². The smallest absolute Gasteiger partial charge is 1.00 e. The Morgan fingerprint density at radius 3 is 0.625 bits per heavy atom. The van der Waals surface area contributed by atoms with Crippen LogP contribution in [0.1, 0.15) is 0 Å². The monoisotopic (exact) mass is 350 g/mol. The van der Waals surface area contributed by atoms with Crippen molar-refractivity contribution in [3.8, 4) is 0 Å². The predicted octanol–water partition coefficient (Wildman–Crippen LogP) is 3.00. The summed E-state index contributed by atoms with van der Waals surface area (Å²) in [6.07, 6.45) is 0. The molecular weight excluding hydrogens is 349 g/mol. The Labute approximate surface area is 60.6 Å². The fourth-order valence-electron chi connectivity index (χ4n) is 0. The molecule has 0 nitrogen and oxygen atoms in total. The molecular formula is F6PTl. The molecule has 8 heavy (non-hydrogen) atoms. The van der Waals surface area contributed by atoms with Crippen molar-refractivity contribution >= 4 is 35.1 Å². The summed E-state index contributed by atoms with van der Waals surface area (Å²) in [7, 11) is -10.7. The van der Waals surface area contributed by atoms with Crippen LogP contribution in [0.5, 0.6) is 0 Å². The number of rotatable bonds is 0. The van der Waals surface area contributed by atoms with Crippen LogP contribution in [0.3, 0.4) is 0 Å². The Balaban J connectivity index is 0. The van der Waals surface area contributed by atoms with Crippen LogP contribution in [0.25, 0.3) is 0 Å². The van der Waals surface area contributed by atoms with Gasteiger partial charge >= 0.3 is 60.3 Å². The first kappa shape index (κ1) is 11.7. The van der Waals surface area contributed by atoms with Crippen molar-refractivity contribution in [3.63, 3.8) is 0 Å². The molecule has 8 heteroatoms. The Kier molecular flexibility index (Phi) is 2.20. The largest absolute Gasteiger partial charge is 1.00 e. The SMILES string of the molecule is F[P-](F)(F)(F)(F)F.[Tl+]. The van der Waals surface area contributed by atoms with Gasteiger partial charge in [0.25, 0.3) is 0 Å². The third kappa shape index (κ3) is 281. The van der Waals surface area contributed by atoms with Crippen LogP contribution < -0.4 is 0 Å². The molecule has 0 saturated heterocycles. The molecule has 50 valence electrons. The third-order valence-electron chi connectivity index (χ3n) is 0. The first-order chi connectivity index (χ1) is 2.45. The predicted molar refractivity (Wildman–Crippen MR) is 19.3 cm³/mol. The molecule has 0 heterocycles. The van der Waals surface area contributed by atoms with E-state index in [0.29, 0.717) is 0 Å². The minimum absolute atomic E-state index is 0. The Bertz CT molecular complexity index is 67.1. The van der Waals surface area contributed by atoms with E-state index < -0.39 is 7.81 Å². The van der Waals surface area contributed by atoms with Gasteiger partial charge in [-0.25, -0.2) is 0 Å². The number of halogens is 6. The maximum Gasteiger partial charge on any atom is 1.00 e. The van der Waals surface area contributed by atoms with E-state index in [0.717, 1.165) is 0 Å². The van der Waals surface area contributed by atoms with E-state index in [-0.39, 0.29) is 27.3 Å². The fraction of sp³-hybridized carbons (Fsp3) is 0. The van der Waals surface area contributed by atoms with E-state index >= 15 is 0 Å². The van der Waals surface area contributed by atoms with Gasteiger partial charge in [-0.2, -0.15) is 0 Å². The van der Waals surface area contributed by atoms with Crippen molar-refractivity contribution in [1.82, 2.24) is 0 Å². The summed E-state index contributed by atoms with van der Waals surface area (Å²) < 4.78 is 59.2. The van der Waals surface area contributed by atoms with Gasteiger partial charge in [-0.3, -0.25) is 0 Å². The van der Waals surface area contributed by atoms with Crippen molar-refractivity contribution in [2.24, 2.45) is 0 Å². The summed E-state index contributed by atoms with van der Waals surface area (Å²) in [5.41, 5.74) is 0. The van der Waals surface area contributed by atoms with Gasteiger partial charge < -0.3 is 0 Å². The van der Waals surface area contributed by atoms with Crippen LogP contribution in [-0.4, -0.2) is 27.3 Å². The van der Waals surface area contributed by atoms with Crippen LogP contribution in [0.15, 0.2) is 0 Å². The fourth-order valence-corrected chi connectivity index (χ4v) is 0. The van der Waals surface area contributed by atoms with Gasteiger partial charge in [-0.15, -0.1) is 0 Å². The first-order valence-corrected chi connectivity index (χ1v) is 3.04. The maximum absolute atomic E-state index is 10.7. The molecule has 0 aromatic carbocycles. The summed E-state index contributed by atoms with van der Waals surface area (Å²) in [6, 6.07) is 0. The molecule has 0 radical (unpaired) electrons. The molecule has 0 N–H and O–H groups in total. The molecule has 0 saturated carbocycles. The summed E-state index contributed by atoms with van der Waals surface area (Å²) in [5.74, 6) is 0. The molecule has 0 spiro atoms. The zero-order valence-corrected chi connectivity index (χ0v) is 8.68. The van der Waals surface area contributed by atoms with E-state index in [9.17, 15) is 25.2 Å². The van der Waals surface area contributed by atoms with E-state index in [2.05, 4.69) is 0 Å². The molecule has 0 amide bonds. The van der Waals surface area contributed by atoms with E-state index in [1.54, 1.807) is 0 Å². The van der Waals surface area contributed by atoms with Crippen molar-refractivity contribution < 1.29 is 25.2 Å². The van der Waals surface area contributed by atoms with Crippen molar-refractivity contribution in [2.45, 2.75) is 0 Å². The normalized spacial score (nSPS) is 20.2. The molecule has 0 aromatic rings. The summed E-state index contributed by atoms with van der Waals surface area (Å²) in [6.45, 7) is 0. The maximum atomic E-state index is 9.87. The van der Waals surface area contributed by atoms with E-state index in [4.69, 9.17) is 0 Å². The molecule has 0 bridgehead atoms. The topological polar surface area (TPSA) is 0 Å². The van der Waals surface area contributed by atoms with Gasteiger partial charge in [0.05, 0.1) is 0 Å². The Hall–Kier alpha value is 0.932. The molecule has 0 fully saturated rings. The minimum atomic E-state index is -10.7. The number of hydrogen-bond donors (Lipinski definition) is 0. The number of hydrogen-bond acceptors (Lipinski definition) is 0. The second-order valence-corrected chi connectivity index (χ2v) is 2.87. The average molecular weight is 349 g/mol. The van der Waals surface area contributed by atoms with E-state index in [1.807, 2.05) is 0 Å². The summed E-state index contributed by atoms with van der Waals surface area (Å²) >= 11 is 0. The van der Waals surface area contributed by atoms with Gasteiger partial charge in [0.1, 0.15) is 0 Å².